The van der Waals surface area contributed by atoms with Gasteiger partial charge >= 0.3 is 0 Å². The lowest BCUT2D eigenvalue weighted by molar-refractivity contribution is 0.321. The smallest absolute Gasteiger partial charge is 0.0299 e. The number of hydrogen-bond acceptors (Lipinski definition) is 2. The molecule has 0 aromatic carbocycles. The van der Waals surface area contributed by atoms with Crippen LogP contribution in [0, 0.1) is 0 Å². The highest BCUT2D eigenvalue weighted by atomic mass is 15.0. The number of rotatable bonds is 0. The van der Waals surface area contributed by atoms with E-state index in [9.17, 15) is 0 Å². The van der Waals surface area contributed by atoms with E-state index in [1.807, 2.05) is 13.8 Å². The summed E-state index contributed by atoms with van der Waals surface area (Å²) in [6, 6.07) is 1.28. The van der Waals surface area contributed by atoms with Crippen molar-refractivity contribution in [2.45, 2.75) is 58.5 Å². The Morgan fingerprint density at radius 1 is 1.31 bits per heavy atom. The van der Waals surface area contributed by atoms with Crippen LogP contribution in [0.1, 0.15) is 46.5 Å². The fourth-order valence-corrected chi connectivity index (χ4v) is 2.17. The van der Waals surface area contributed by atoms with Gasteiger partial charge in [-0.25, -0.2) is 0 Å². The number of nitrogens with two attached hydrogens (primary N) is 1. The maximum absolute atomic E-state index is 5.91. The topological polar surface area (TPSA) is 38.0 Å². The summed E-state index contributed by atoms with van der Waals surface area (Å²) < 4.78 is 0. The van der Waals surface area contributed by atoms with Crippen molar-refractivity contribution in [2.24, 2.45) is 5.73 Å². The van der Waals surface area contributed by atoms with Gasteiger partial charge in [-0.1, -0.05) is 20.3 Å². The average Bonchev–Trinajstić information content (AvgIpc) is 2.18. The second-order valence-electron chi connectivity index (χ2n) is 3.76. The molecule has 0 aliphatic carbocycles. The van der Waals surface area contributed by atoms with Crippen molar-refractivity contribution < 1.29 is 0 Å². The molecule has 2 heterocycles. The van der Waals surface area contributed by atoms with E-state index in [1.165, 1.54) is 24.8 Å². The lowest BCUT2D eigenvalue weighted by Gasteiger charge is -2.37. The van der Waals surface area contributed by atoms with Gasteiger partial charge in [0.15, 0.2) is 0 Å². The molecule has 0 aromatic heterocycles. The molecule has 2 bridgehead atoms. The zero-order chi connectivity index (χ0) is 9.84. The van der Waals surface area contributed by atoms with Gasteiger partial charge in [0.2, 0.25) is 0 Å². The molecule has 0 aromatic rings. The first kappa shape index (κ1) is 10.6. The van der Waals surface area contributed by atoms with Crippen LogP contribution in [0.5, 0.6) is 0 Å². The van der Waals surface area contributed by atoms with Crippen molar-refractivity contribution in [1.82, 2.24) is 5.32 Å². The third kappa shape index (κ3) is 2.25. The van der Waals surface area contributed by atoms with Crippen LogP contribution in [0.3, 0.4) is 0 Å². The third-order valence-electron chi connectivity index (χ3n) is 2.98. The van der Waals surface area contributed by atoms with Crippen molar-refractivity contribution in [3.8, 4) is 0 Å². The van der Waals surface area contributed by atoms with E-state index in [4.69, 9.17) is 5.73 Å². The molecular weight excluding hydrogens is 160 g/mol. The lowest BCUT2D eigenvalue weighted by atomic mass is 9.85. The van der Waals surface area contributed by atoms with Gasteiger partial charge in [-0.05, 0) is 25.3 Å². The molecule has 1 fully saturated rings. The molecular formula is C11H22N2. The van der Waals surface area contributed by atoms with Crippen LogP contribution in [-0.2, 0) is 0 Å². The first-order chi connectivity index (χ1) is 6.27. The monoisotopic (exact) mass is 182 g/mol. The second kappa shape index (κ2) is 4.66. The van der Waals surface area contributed by atoms with E-state index in [0.29, 0.717) is 12.1 Å². The Kier molecular flexibility index (Phi) is 3.79. The number of fused-ring (bicyclic) bond motifs is 2. The molecule has 2 heteroatoms. The zero-order valence-corrected chi connectivity index (χ0v) is 9.06. The van der Waals surface area contributed by atoms with Gasteiger partial charge in [0.1, 0.15) is 0 Å². The predicted molar refractivity (Wildman–Crippen MR) is 57.4 cm³/mol. The van der Waals surface area contributed by atoms with Gasteiger partial charge < -0.3 is 11.1 Å². The summed E-state index contributed by atoms with van der Waals surface area (Å²) in [5.41, 5.74) is 8.44. The highest BCUT2D eigenvalue weighted by Gasteiger charge is 2.27. The Morgan fingerprint density at radius 3 is 2.69 bits per heavy atom. The van der Waals surface area contributed by atoms with Gasteiger partial charge in [-0.2, -0.15) is 0 Å². The van der Waals surface area contributed by atoms with Gasteiger partial charge in [-0.15, -0.1) is 0 Å². The lowest BCUT2D eigenvalue weighted by Crippen LogP contribution is -2.47. The Labute approximate surface area is 81.6 Å². The van der Waals surface area contributed by atoms with E-state index in [-0.39, 0.29) is 0 Å². The van der Waals surface area contributed by atoms with Crippen molar-refractivity contribution in [2.75, 3.05) is 0 Å². The maximum atomic E-state index is 5.91. The maximum Gasteiger partial charge on any atom is 0.0299 e. The summed E-state index contributed by atoms with van der Waals surface area (Å²) >= 11 is 0. The van der Waals surface area contributed by atoms with E-state index in [1.54, 1.807) is 0 Å². The van der Waals surface area contributed by atoms with E-state index < -0.39 is 0 Å². The van der Waals surface area contributed by atoms with Crippen LogP contribution >= 0.6 is 0 Å². The van der Waals surface area contributed by atoms with Crippen LogP contribution < -0.4 is 11.1 Å². The standard InChI is InChI=1S/C9H16N2.C2H6/c1-6-8(10)5-7-3-2-4-9(6)11-7;1-2/h7,9,11H,2-5,10H2,1H3;1-2H3. The molecule has 2 aliphatic rings. The van der Waals surface area contributed by atoms with Crippen LogP contribution in [0.2, 0.25) is 0 Å². The Hall–Kier alpha value is -0.500. The number of hydrogen-bond donors (Lipinski definition) is 2. The molecule has 0 amide bonds. The largest absolute Gasteiger partial charge is 0.402 e. The summed E-state index contributed by atoms with van der Waals surface area (Å²) in [5, 5.41) is 3.60. The molecule has 0 radical (unpaired) electrons. The second-order valence-corrected chi connectivity index (χ2v) is 3.76. The quantitative estimate of drug-likeness (QED) is 0.602. The molecule has 13 heavy (non-hydrogen) atoms. The van der Waals surface area contributed by atoms with Crippen LogP contribution in [0.25, 0.3) is 0 Å². The Bertz CT molecular complexity index is 196. The molecule has 2 aliphatic heterocycles. The summed E-state index contributed by atoms with van der Waals surface area (Å²) in [6.07, 6.45) is 5.03. The van der Waals surface area contributed by atoms with Crippen molar-refractivity contribution in [1.29, 1.82) is 0 Å². The molecule has 2 atom stereocenters. The predicted octanol–water partition coefficient (Wildman–Crippen LogP) is 2.16. The SMILES string of the molecule is CC.CC1=C(N)CC2CCCC1N2. The molecule has 1 saturated heterocycles. The fourth-order valence-electron chi connectivity index (χ4n) is 2.17. The normalized spacial score (nSPS) is 32.2. The number of piperidine rings is 1. The third-order valence-corrected chi connectivity index (χ3v) is 2.98. The van der Waals surface area contributed by atoms with Crippen LogP contribution in [-0.4, -0.2) is 12.1 Å². The minimum atomic E-state index is 0.600. The molecule has 0 saturated carbocycles. The fraction of sp³-hybridized carbons (Fsp3) is 0.818. The van der Waals surface area contributed by atoms with E-state index in [0.717, 1.165) is 12.1 Å². The van der Waals surface area contributed by atoms with Gasteiger partial charge in [0, 0.05) is 24.2 Å². The molecule has 2 rings (SSSR count). The summed E-state index contributed by atoms with van der Waals surface area (Å²) in [6.45, 7) is 6.16. The van der Waals surface area contributed by atoms with Crippen LogP contribution in [0.15, 0.2) is 11.3 Å². The van der Waals surface area contributed by atoms with Crippen molar-refractivity contribution >= 4 is 0 Å². The zero-order valence-electron chi connectivity index (χ0n) is 9.06. The summed E-state index contributed by atoms with van der Waals surface area (Å²) in [4.78, 5) is 0. The molecule has 3 N–H and O–H groups in total. The highest BCUT2D eigenvalue weighted by Crippen LogP contribution is 2.27. The summed E-state index contributed by atoms with van der Waals surface area (Å²) in [5.74, 6) is 0. The number of nitrogens with one attached hydrogen (secondary N) is 1. The van der Waals surface area contributed by atoms with E-state index in [2.05, 4.69) is 12.2 Å². The van der Waals surface area contributed by atoms with Gasteiger partial charge in [-0.3, -0.25) is 0 Å². The minimum Gasteiger partial charge on any atom is -0.402 e. The van der Waals surface area contributed by atoms with Crippen molar-refractivity contribution in [3.63, 3.8) is 0 Å². The van der Waals surface area contributed by atoms with E-state index >= 15 is 0 Å². The minimum absolute atomic E-state index is 0.600. The summed E-state index contributed by atoms with van der Waals surface area (Å²) in [7, 11) is 0. The van der Waals surface area contributed by atoms with Gasteiger partial charge in [0.05, 0.1) is 0 Å². The first-order valence-corrected chi connectivity index (χ1v) is 5.48. The molecule has 2 nitrogen and oxygen atoms in total. The molecule has 2 unspecified atom stereocenters. The Balaban J connectivity index is 0.000000396. The van der Waals surface area contributed by atoms with Crippen molar-refractivity contribution in [3.05, 3.63) is 11.3 Å². The highest BCUT2D eigenvalue weighted by molar-refractivity contribution is 5.21. The first-order valence-electron chi connectivity index (χ1n) is 5.48. The molecule has 76 valence electrons. The average molecular weight is 182 g/mol. The van der Waals surface area contributed by atoms with Gasteiger partial charge in [0.25, 0.3) is 0 Å². The molecule has 0 spiro atoms. The Morgan fingerprint density at radius 2 is 2.00 bits per heavy atom. The van der Waals surface area contributed by atoms with Crippen LogP contribution in [0.4, 0.5) is 0 Å².